The van der Waals surface area contributed by atoms with Crippen LogP contribution in [0.3, 0.4) is 0 Å². The van der Waals surface area contributed by atoms with E-state index in [1.165, 1.54) is 5.56 Å². The Labute approximate surface area is 121 Å². The standard InChI is InChI=1S/C18H22O2/c1-12(2)20-16-10-8-15(9-11-16)18(19)17-7-5-6-13(3)14(17)4/h5-12,18-19H,1-4H3. The Bertz CT molecular complexity index is 570. The molecule has 0 aliphatic rings. The van der Waals surface area contributed by atoms with Crippen LogP contribution in [0.1, 0.15) is 42.2 Å². The van der Waals surface area contributed by atoms with Crippen molar-refractivity contribution in [2.45, 2.75) is 39.9 Å². The van der Waals surface area contributed by atoms with Crippen LogP contribution in [0.15, 0.2) is 42.5 Å². The molecule has 2 aromatic rings. The fourth-order valence-corrected chi connectivity index (χ4v) is 2.25. The van der Waals surface area contributed by atoms with Crippen molar-refractivity contribution in [1.82, 2.24) is 0 Å². The zero-order valence-electron chi connectivity index (χ0n) is 12.6. The summed E-state index contributed by atoms with van der Waals surface area (Å²) in [6.45, 7) is 8.10. The van der Waals surface area contributed by atoms with Crippen molar-refractivity contribution in [3.05, 3.63) is 64.7 Å². The lowest BCUT2D eigenvalue weighted by Gasteiger charge is -2.16. The van der Waals surface area contributed by atoms with Crippen LogP contribution in [0.25, 0.3) is 0 Å². The van der Waals surface area contributed by atoms with Crippen LogP contribution in [-0.4, -0.2) is 11.2 Å². The van der Waals surface area contributed by atoms with E-state index in [0.29, 0.717) is 0 Å². The van der Waals surface area contributed by atoms with Crippen molar-refractivity contribution in [3.8, 4) is 5.75 Å². The lowest BCUT2D eigenvalue weighted by molar-refractivity contribution is 0.218. The molecule has 2 heteroatoms. The number of rotatable bonds is 4. The van der Waals surface area contributed by atoms with Gasteiger partial charge in [-0.3, -0.25) is 0 Å². The molecular weight excluding hydrogens is 248 g/mol. The predicted octanol–water partition coefficient (Wildman–Crippen LogP) is 4.17. The highest BCUT2D eigenvalue weighted by molar-refractivity contribution is 5.40. The van der Waals surface area contributed by atoms with Gasteiger partial charge in [-0.1, -0.05) is 30.3 Å². The number of aryl methyl sites for hydroxylation is 1. The molecule has 2 rings (SSSR count). The molecule has 0 spiro atoms. The fourth-order valence-electron chi connectivity index (χ4n) is 2.25. The van der Waals surface area contributed by atoms with Crippen LogP contribution in [0.4, 0.5) is 0 Å². The molecule has 0 saturated heterocycles. The summed E-state index contributed by atoms with van der Waals surface area (Å²) in [7, 11) is 0. The summed E-state index contributed by atoms with van der Waals surface area (Å²) in [6, 6.07) is 13.7. The zero-order valence-corrected chi connectivity index (χ0v) is 12.6. The van der Waals surface area contributed by atoms with E-state index in [4.69, 9.17) is 4.74 Å². The molecule has 20 heavy (non-hydrogen) atoms. The number of hydrogen-bond acceptors (Lipinski definition) is 2. The summed E-state index contributed by atoms with van der Waals surface area (Å²) >= 11 is 0. The Morgan fingerprint density at radius 2 is 1.60 bits per heavy atom. The third-order valence-electron chi connectivity index (χ3n) is 3.51. The molecule has 2 nitrogen and oxygen atoms in total. The predicted molar refractivity (Wildman–Crippen MR) is 82.2 cm³/mol. The van der Waals surface area contributed by atoms with Crippen molar-refractivity contribution in [2.24, 2.45) is 0 Å². The highest BCUT2D eigenvalue weighted by Gasteiger charge is 2.13. The van der Waals surface area contributed by atoms with Crippen molar-refractivity contribution in [1.29, 1.82) is 0 Å². The largest absolute Gasteiger partial charge is 0.491 e. The normalized spacial score (nSPS) is 12.5. The number of hydrogen-bond donors (Lipinski definition) is 1. The minimum Gasteiger partial charge on any atom is -0.491 e. The maximum Gasteiger partial charge on any atom is 0.119 e. The molecule has 0 aromatic heterocycles. The van der Waals surface area contributed by atoms with Crippen LogP contribution >= 0.6 is 0 Å². The molecule has 0 amide bonds. The fraction of sp³-hybridized carbons (Fsp3) is 0.333. The second-order valence-electron chi connectivity index (χ2n) is 5.43. The van der Waals surface area contributed by atoms with Gasteiger partial charge >= 0.3 is 0 Å². The second-order valence-corrected chi connectivity index (χ2v) is 5.43. The lowest BCUT2D eigenvalue weighted by Crippen LogP contribution is -2.06. The minimum absolute atomic E-state index is 0.157. The van der Waals surface area contributed by atoms with Crippen molar-refractivity contribution >= 4 is 0 Å². The molecule has 0 bridgehead atoms. The van der Waals surface area contributed by atoms with E-state index in [1.807, 2.05) is 57.2 Å². The van der Waals surface area contributed by atoms with Gasteiger partial charge in [-0.05, 0) is 62.1 Å². The Morgan fingerprint density at radius 3 is 2.20 bits per heavy atom. The van der Waals surface area contributed by atoms with Gasteiger partial charge in [0.15, 0.2) is 0 Å². The first kappa shape index (κ1) is 14.6. The van der Waals surface area contributed by atoms with Gasteiger partial charge in [0.05, 0.1) is 6.10 Å². The lowest BCUT2D eigenvalue weighted by atomic mass is 9.95. The molecule has 0 saturated carbocycles. The van der Waals surface area contributed by atoms with Crippen LogP contribution in [0, 0.1) is 13.8 Å². The van der Waals surface area contributed by atoms with Gasteiger partial charge in [-0.25, -0.2) is 0 Å². The van der Waals surface area contributed by atoms with Gasteiger partial charge in [-0.15, -0.1) is 0 Å². The van der Waals surface area contributed by atoms with E-state index in [0.717, 1.165) is 22.4 Å². The smallest absolute Gasteiger partial charge is 0.119 e. The van der Waals surface area contributed by atoms with E-state index in [9.17, 15) is 5.11 Å². The summed E-state index contributed by atoms with van der Waals surface area (Å²) in [5.74, 6) is 0.830. The number of ether oxygens (including phenoxy) is 1. The monoisotopic (exact) mass is 270 g/mol. The van der Waals surface area contributed by atoms with Gasteiger partial charge in [0.2, 0.25) is 0 Å². The maximum absolute atomic E-state index is 10.5. The van der Waals surface area contributed by atoms with Crippen LogP contribution in [0.2, 0.25) is 0 Å². The first-order valence-corrected chi connectivity index (χ1v) is 7.00. The Hall–Kier alpha value is -1.80. The minimum atomic E-state index is -0.594. The third-order valence-corrected chi connectivity index (χ3v) is 3.51. The molecule has 0 aliphatic carbocycles. The molecule has 1 unspecified atom stereocenters. The SMILES string of the molecule is Cc1cccc(C(O)c2ccc(OC(C)C)cc2)c1C. The van der Waals surface area contributed by atoms with Crippen molar-refractivity contribution in [2.75, 3.05) is 0 Å². The van der Waals surface area contributed by atoms with E-state index in [-0.39, 0.29) is 6.10 Å². The Morgan fingerprint density at radius 1 is 0.950 bits per heavy atom. The highest BCUT2D eigenvalue weighted by atomic mass is 16.5. The molecular formula is C18H22O2. The highest BCUT2D eigenvalue weighted by Crippen LogP contribution is 2.27. The Kier molecular flexibility index (Phi) is 4.46. The average molecular weight is 270 g/mol. The summed E-state index contributed by atoms with van der Waals surface area (Å²) in [5, 5.41) is 10.5. The summed E-state index contributed by atoms with van der Waals surface area (Å²) in [5.41, 5.74) is 4.18. The van der Waals surface area contributed by atoms with Gasteiger partial charge in [-0.2, -0.15) is 0 Å². The number of aliphatic hydroxyl groups is 1. The van der Waals surface area contributed by atoms with E-state index in [2.05, 4.69) is 13.0 Å². The van der Waals surface area contributed by atoms with Gasteiger partial charge < -0.3 is 9.84 Å². The second kappa shape index (κ2) is 6.10. The van der Waals surface area contributed by atoms with Gasteiger partial charge in [0.1, 0.15) is 11.9 Å². The summed E-state index contributed by atoms with van der Waals surface area (Å²) < 4.78 is 5.62. The number of aliphatic hydroxyl groups excluding tert-OH is 1. The molecule has 0 heterocycles. The third kappa shape index (κ3) is 3.20. The van der Waals surface area contributed by atoms with Gasteiger partial charge in [0, 0.05) is 0 Å². The van der Waals surface area contributed by atoms with E-state index < -0.39 is 6.10 Å². The summed E-state index contributed by atoms with van der Waals surface area (Å²) in [6.07, 6.45) is -0.437. The average Bonchev–Trinajstić information content (AvgIpc) is 2.41. The molecule has 1 N–H and O–H groups in total. The maximum atomic E-state index is 10.5. The Balaban J connectivity index is 2.25. The molecule has 0 radical (unpaired) electrons. The molecule has 0 fully saturated rings. The van der Waals surface area contributed by atoms with E-state index >= 15 is 0 Å². The molecule has 2 aromatic carbocycles. The zero-order chi connectivity index (χ0) is 14.7. The molecule has 106 valence electrons. The molecule has 1 atom stereocenters. The van der Waals surface area contributed by atoms with Crippen LogP contribution < -0.4 is 4.74 Å². The van der Waals surface area contributed by atoms with Crippen molar-refractivity contribution < 1.29 is 9.84 Å². The quantitative estimate of drug-likeness (QED) is 0.903. The van der Waals surface area contributed by atoms with Crippen molar-refractivity contribution in [3.63, 3.8) is 0 Å². The topological polar surface area (TPSA) is 29.5 Å². The van der Waals surface area contributed by atoms with E-state index in [1.54, 1.807) is 0 Å². The molecule has 0 aliphatic heterocycles. The van der Waals surface area contributed by atoms with Gasteiger partial charge in [0.25, 0.3) is 0 Å². The first-order valence-electron chi connectivity index (χ1n) is 7.00. The number of benzene rings is 2. The summed E-state index contributed by atoms with van der Waals surface area (Å²) in [4.78, 5) is 0. The first-order chi connectivity index (χ1) is 9.49. The van der Waals surface area contributed by atoms with Crippen LogP contribution in [-0.2, 0) is 0 Å². The van der Waals surface area contributed by atoms with Crippen LogP contribution in [0.5, 0.6) is 5.75 Å².